The monoisotopic (exact) mass is 348 g/mol. The molecule has 0 radical (unpaired) electrons. The molecule has 4 rings (SSSR count). The summed E-state index contributed by atoms with van der Waals surface area (Å²) >= 11 is 0. The molecule has 0 aliphatic carbocycles. The van der Waals surface area contributed by atoms with Crippen LogP contribution >= 0.6 is 0 Å². The van der Waals surface area contributed by atoms with E-state index in [9.17, 15) is 13.2 Å². The molecule has 0 unspecified atom stereocenters. The Morgan fingerprint density at radius 2 is 2.12 bits per heavy atom. The number of hydrogen-bond acceptors (Lipinski definition) is 6. The number of nitrogens with zero attached hydrogens (tertiary/aromatic N) is 4. The van der Waals surface area contributed by atoms with Crippen molar-refractivity contribution in [1.82, 2.24) is 18.8 Å². The van der Waals surface area contributed by atoms with Gasteiger partial charge in [0.1, 0.15) is 12.6 Å². The van der Waals surface area contributed by atoms with Crippen LogP contribution in [0.15, 0.2) is 28.8 Å². The molecule has 2 saturated heterocycles. The van der Waals surface area contributed by atoms with Gasteiger partial charge in [-0.1, -0.05) is 29.4 Å². The second kappa shape index (κ2) is 5.38. The summed E-state index contributed by atoms with van der Waals surface area (Å²) in [6, 6.07) is 6.98. The van der Waals surface area contributed by atoms with Crippen LogP contribution in [-0.2, 0) is 21.5 Å². The van der Waals surface area contributed by atoms with Crippen molar-refractivity contribution in [3.05, 3.63) is 35.7 Å². The van der Waals surface area contributed by atoms with Gasteiger partial charge in [0.2, 0.25) is 11.7 Å². The number of hydrogen-bond donors (Lipinski definition) is 0. The summed E-state index contributed by atoms with van der Waals surface area (Å²) in [5, 5.41) is 3.90. The number of aromatic nitrogens is 2. The molecular weight excluding hydrogens is 332 g/mol. The normalized spacial score (nSPS) is 23.0. The van der Waals surface area contributed by atoms with Crippen LogP contribution in [-0.4, -0.2) is 45.7 Å². The van der Waals surface area contributed by atoms with Crippen molar-refractivity contribution in [2.45, 2.75) is 32.4 Å². The van der Waals surface area contributed by atoms with Crippen LogP contribution < -0.4 is 0 Å². The first-order valence-corrected chi connectivity index (χ1v) is 9.10. The smallest absolute Gasteiger partial charge is 0.307 e. The summed E-state index contributed by atoms with van der Waals surface area (Å²) in [4.78, 5) is 16.6. The predicted molar refractivity (Wildman–Crippen MR) is 83.7 cm³/mol. The van der Waals surface area contributed by atoms with Crippen molar-refractivity contribution in [2.75, 3.05) is 6.54 Å². The molecule has 0 saturated carbocycles. The summed E-state index contributed by atoms with van der Waals surface area (Å²) in [6.07, 6.45) is 1.27. The van der Waals surface area contributed by atoms with Crippen LogP contribution in [0.25, 0.3) is 11.4 Å². The number of carbonyl (C=O) groups excluding carboxylic acids is 1. The lowest BCUT2D eigenvalue weighted by molar-refractivity contribution is -0.128. The second-order valence-electron chi connectivity index (χ2n) is 5.95. The van der Waals surface area contributed by atoms with E-state index in [1.54, 1.807) is 0 Å². The van der Waals surface area contributed by atoms with Gasteiger partial charge in [-0.3, -0.25) is 4.79 Å². The quantitative estimate of drug-likeness (QED) is 0.824. The minimum Gasteiger partial charge on any atom is -0.337 e. The van der Waals surface area contributed by atoms with Gasteiger partial charge in [0, 0.05) is 12.1 Å². The molecule has 1 amide bonds. The largest absolute Gasteiger partial charge is 0.337 e. The zero-order chi connectivity index (χ0) is 16.9. The van der Waals surface area contributed by atoms with Gasteiger partial charge in [0.25, 0.3) is 5.91 Å². The molecule has 9 heteroatoms. The van der Waals surface area contributed by atoms with E-state index in [4.69, 9.17) is 4.52 Å². The second-order valence-corrected chi connectivity index (χ2v) is 7.75. The molecule has 0 bridgehead atoms. The molecule has 0 spiro atoms. The number of fused-ring (bicyclic) bond motifs is 1. The third-order valence-corrected chi connectivity index (χ3v) is 6.34. The number of aryl methyl sites for hydroxylation is 1. The Balaban J connectivity index is 1.61. The molecule has 2 aliphatic rings. The maximum atomic E-state index is 12.5. The number of benzene rings is 1. The fourth-order valence-corrected chi connectivity index (χ4v) is 4.96. The van der Waals surface area contributed by atoms with Crippen LogP contribution in [0.3, 0.4) is 0 Å². The standard InChI is InChI=1S/C15H16N4O4S/c1-10-5-2-3-6-11(10)14-16-13(23-17-14)9-19-15(20)12-7-4-8-18(12)24(19,21)22/h2-3,5-6,12H,4,7-9H2,1H3/t12-/m0/s1. The van der Waals surface area contributed by atoms with Gasteiger partial charge in [-0.2, -0.15) is 17.7 Å². The van der Waals surface area contributed by atoms with Gasteiger partial charge >= 0.3 is 10.2 Å². The van der Waals surface area contributed by atoms with E-state index >= 15 is 0 Å². The Hall–Kier alpha value is -2.26. The fraction of sp³-hybridized carbons (Fsp3) is 0.400. The average molecular weight is 348 g/mol. The van der Waals surface area contributed by atoms with Gasteiger partial charge < -0.3 is 4.52 Å². The Morgan fingerprint density at radius 3 is 2.88 bits per heavy atom. The lowest BCUT2D eigenvalue weighted by Crippen LogP contribution is -2.33. The molecular formula is C15H16N4O4S. The molecule has 3 heterocycles. The third-order valence-electron chi connectivity index (χ3n) is 4.44. The maximum absolute atomic E-state index is 12.5. The lowest BCUT2D eigenvalue weighted by Gasteiger charge is -2.14. The zero-order valence-electron chi connectivity index (χ0n) is 13.0. The molecule has 24 heavy (non-hydrogen) atoms. The van der Waals surface area contributed by atoms with E-state index in [0.29, 0.717) is 25.2 Å². The van der Waals surface area contributed by atoms with Gasteiger partial charge in [-0.15, -0.1) is 0 Å². The van der Waals surface area contributed by atoms with Crippen molar-refractivity contribution >= 4 is 16.1 Å². The first-order chi connectivity index (χ1) is 11.5. The Labute approximate surface area is 139 Å². The van der Waals surface area contributed by atoms with Crippen LogP contribution in [0.2, 0.25) is 0 Å². The summed E-state index contributed by atoms with van der Waals surface area (Å²) in [6.45, 7) is 2.08. The molecule has 2 aliphatic heterocycles. The van der Waals surface area contributed by atoms with Gasteiger partial charge in [0.15, 0.2) is 0 Å². The van der Waals surface area contributed by atoms with Crippen molar-refractivity contribution in [3.63, 3.8) is 0 Å². The van der Waals surface area contributed by atoms with E-state index in [1.807, 2.05) is 31.2 Å². The highest BCUT2D eigenvalue weighted by Crippen LogP contribution is 2.33. The highest BCUT2D eigenvalue weighted by Gasteiger charge is 2.52. The molecule has 0 N–H and O–H groups in total. The SMILES string of the molecule is Cc1ccccc1-c1noc(CN2C(=O)[C@@H]3CCCN3S2(=O)=O)n1. The van der Waals surface area contributed by atoms with Crippen LogP contribution in [0.1, 0.15) is 24.3 Å². The van der Waals surface area contributed by atoms with Crippen molar-refractivity contribution in [1.29, 1.82) is 0 Å². The highest BCUT2D eigenvalue weighted by atomic mass is 32.2. The molecule has 2 aromatic rings. The summed E-state index contributed by atoms with van der Waals surface area (Å²) in [5.41, 5.74) is 1.79. The molecule has 1 aromatic heterocycles. The summed E-state index contributed by atoms with van der Waals surface area (Å²) in [7, 11) is -3.79. The number of amides is 1. The minimum absolute atomic E-state index is 0.103. The Kier molecular flexibility index (Phi) is 3.43. The number of rotatable bonds is 3. The van der Waals surface area contributed by atoms with Crippen LogP contribution in [0.4, 0.5) is 0 Å². The van der Waals surface area contributed by atoms with Crippen molar-refractivity contribution in [3.8, 4) is 11.4 Å². The molecule has 8 nitrogen and oxygen atoms in total. The number of carbonyl (C=O) groups is 1. The van der Waals surface area contributed by atoms with Crippen LogP contribution in [0, 0.1) is 6.92 Å². The topological polar surface area (TPSA) is 96.6 Å². The van der Waals surface area contributed by atoms with E-state index in [0.717, 1.165) is 15.4 Å². The summed E-state index contributed by atoms with van der Waals surface area (Å²) < 4.78 is 32.2. The average Bonchev–Trinajstić information content (AvgIpc) is 3.24. The van der Waals surface area contributed by atoms with E-state index < -0.39 is 22.2 Å². The highest BCUT2D eigenvalue weighted by molar-refractivity contribution is 7.87. The molecule has 126 valence electrons. The zero-order valence-corrected chi connectivity index (χ0v) is 13.9. The van der Waals surface area contributed by atoms with Gasteiger partial charge in [-0.25, -0.2) is 4.31 Å². The fourth-order valence-electron chi connectivity index (χ4n) is 3.20. The van der Waals surface area contributed by atoms with Crippen molar-refractivity contribution in [2.24, 2.45) is 0 Å². The van der Waals surface area contributed by atoms with E-state index in [2.05, 4.69) is 10.1 Å². The van der Waals surface area contributed by atoms with E-state index in [1.165, 1.54) is 4.31 Å². The lowest BCUT2D eigenvalue weighted by atomic mass is 10.1. The molecule has 1 aromatic carbocycles. The maximum Gasteiger partial charge on any atom is 0.307 e. The molecule has 1 atom stereocenters. The van der Waals surface area contributed by atoms with Crippen LogP contribution in [0.5, 0.6) is 0 Å². The Bertz CT molecular complexity index is 908. The van der Waals surface area contributed by atoms with Gasteiger partial charge in [-0.05, 0) is 25.3 Å². The Morgan fingerprint density at radius 1 is 1.33 bits per heavy atom. The summed E-state index contributed by atoms with van der Waals surface area (Å²) in [5.74, 6) is 0.0714. The van der Waals surface area contributed by atoms with Crippen molar-refractivity contribution < 1.29 is 17.7 Å². The predicted octanol–water partition coefficient (Wildman–Crippen LogP) is 1.10. The third kappa shape index (κ3) is 2.23. The minimum atomic E-state index is -3.79. The first kappa shape index (κ1) is 15.3. The first-order valence-electron chi connectivity index (χ1n) is 7.70. The van der Waals surface area contributed by atoms with E-state index in [-0.39, 0.29) is 12.4 Å². The van der Waals surface area contributed by atoms with Gasteiger partial charge in [0.05, 0.1) is 0 Å². The molecule has 2 fully saturated rings.